The Morgan fingerprint density at radius 2 is 1.93 bits per heavy atom. The van der Waals surface area contributed by atoms with Crippen molar-refractivity contribution in [1.82, 2.24) is 14.9 Å². The predicted molar refractivity (Wildman–Crippen MR) is 51.4 cm³/mol. The van der Waals surface area contributed by atoms with Gasteiger partial charge in [0.15, 0.2) is 5.76 Å². The van der Waals surface area contributed by atoms with Crippen LogP contribution in [0.1, 0.15) is 22.8 Å². The lowest BCUT2D eigenvalue weighted by molar-refractivity contribution is 0.392. The van der Waals surface area contributed by atoms with Crippen LogP contribution < -0.4 is 0 Å². The van der Waals surface area contributed by atoms with E-state index in [1.54, 1.807) is 0 Å². The molecule has 73 valence electrons. The van der Waals surface area contributed by atoms with Crippen LogP contribution in [-0.4, -0.2) is 14.9 Å². The van der Waals surface area contributed by atoms with Crippen LogP contribution in [-0.2, 0) is 0 Å². The van der Waals surface area contributed by atoms with Crippen molar-refractivity contribution in [3.63, 3.8) is 0 Å². The Balaban J connectivity index is 2.65. The molecule has 2 aromatic heterocycles. The van der Waals surface area contributed by atoms with Crippen molar-refractivity contribution in [2.45, 2.75) is 27.7 Å². The van der Waals surface area contributed by atoms with Crippen LogP contribution in [0.25, 0.3) is 5.69 Å². The molecule has 0 bridgehead atoms. The quantitative estimate of drug-likeness (QED) is 0.689. The van der Waals surface area contributed by atoms with Gasteiger partial charge in [0.05, 0.1) is 5.69 Å². The minimum atomic E-state index is 0.780. The van der Waals surface area contributed by atoms with Gasteiger partial charge in [0.25, 0.3) is 0 Å². The zero-order valence-corrected chi connectivity index (χ0v) is 8.75. The van der Waals surface area contributed by atoms with Gasteiger partial charge in [-0.1, -0.05) is 5.16 Å². The largest absolute Gasteiger partial charge is 0.359 e. The van der Waals surface area contributed by atoms with Crippen molar-refractivity contribution in [3.8, 4) is 5.69 Å². The summed E-state index contributed by atoms with van der Waals surface area (Å²) >= 11 is 0. The lowest BCUT2D eigenvalue weighted by atomic mass is 10.3. The second-order valence-electron chi connectivity index (χ2n) is 3.38. The first-order valence-corrected chi connectivity index (χ1v) is 4.48. The summed E-state index contributed by atoms with van der Waals surface area (Å²) in [6, 6.07) is 3.13. The van der Waals surface area contributed by atoms with Crippen molar-refractivity contribution in [2.75, 3.05) is 0 Å². The molecule has 0 aliphatic heterocycles. The van der Waals surface area contributed by atoms with Gasteiger partial charge in [-0.2, -0.15) is 5.10 Å². The number of hydrogen-bond acceptors (Lipinski definition) is 3. The van der Waals surface area contributed by atoms with Gasteiger partial charge in [-0.05, 0) is 27.7 Å². The third-order valence-corrected chi connectivity index (χ3v) is 2.14. The summed E-state index contributed by atoms with van der Waals surface area (Å²) < 4.78 is 6.91. The van der Waals surface area contributed by atoms with E-state index in [-0.39, 0.29) is 0 Å². The van der Waals surface area contributed by atoms with Crippen molar-refractivity contribution in [3.05, 3.63) is 28.9 Å². The molecule has 2 rings (SSSR count). The van der Waals surface area contributed by atoms with Gasteiger partial charge in [0.1, 0.15) is 11.4 Å². The standard InChI is InChI=1S/C10H12N3O/c1-6-5-7(2)13(11-6)10-8(3)12-14-9(10)4/h1-4H3. The first kappa shape index (κ1) is 8.99. The normalized spacial score (nSPS) is 10.9. The van der Waals surface area contributed by atoms with Crippen LogP contribution in [0, 0.1) is 33.8 Å². The molecule has 0 fully saturated rings. The van der Waals surface area contributed by atoms with Crippen LogP contribution in [0.15, 0.2) is 4.52 Å². The number of nitrogens with zero attached hydrogens (tertiary/aromatic N) is 3. The minimum Gasteiger partial charge on any atom is -0.359 e. The highest BCUT2D eigenvalue weighted by molar-refractivity contribution is 5.39. The Labute approximate surface area is 82.5 Å². The molecule has 0 aromatic carbocycles. The summed E-state index contributed by atoms with van der Waals surface area (Å²) in [6.45, 7) is 7.67. The Kier molecular flexibility index (Phi) is 1.91. The van der Waals surface area contributed by atoms with Gasteiger partial charge in [0, 0.05) is 11.8 Å². The lowest BCUT2D eigenvalue weighted by Gasteiger charge is -2.01. The van der Waals surface area contributed by atoms with Gasteiger partial charge in [-0.15, -0.1) is 0 Å². The molecule has 2 heterocycles. The molecule has 4 heteroatoms. The van der Waals surface area contributed by atoms with Crippen LogP contribution in [0.3, 0.4) is 0 Å². The van der Waals surface area contributed by atoms with Crippen LogP contribution in [0.4, 0.5) is 0 Å². The monoisotopic (exact) mass is 190 g/mol. The fourth-order valence-electron chi connectivity index (χ4n) is 1.56. The molecular weight excluding hydrogens is 178 g/mol. The molecule has 0 spiro atoms. The smallest absolute Gasteiger partial charge is 0.159 e. The van der Waals surface area contributed by atoms with Crippen LogP contribution in [0.5, 0.6) is 0 Å². The molecular formula is C10H12N3O. The van der Waals surface area contributed by atoms with E-state index in [0.29, 0.717) is 0 Å². The zero-order valence-electron chi connectivity index (χ0n) is 8.75. The van der Waals surface area contributed by atoms with E-state index in [9.17, 15) is 0 Å². The Bertz CT molecular complexity index is 448. The topological polar surface area (TPSA) is 43.9 Å². The summed E-state index contributed by atoms with van der Waals surface area (Å²) in [5, 5.41) is 8.23. The summed E-state index contributed by atoms with van der Waals surface area (Å²) in [6.07, 6.45) is 0. The molecule has 14 heavy (non-hydrogen) atoms. The number of aryl methyl sites for hydroxylation is 4. The van der Waals surface area contributed by atoms with Gasteiger partial charge >= 0.3 is 0 Å². The third kappa shape index (κ3) is 1.23. The van der Waals surface area contributed by atoms with Crippen LogP contribution >= 0.6 is 0 Å². The van der Waals surface area contributed by atoms with E-state index in [2.05, 4.69) is 16.3 Å². The molecule has 0 aliphatic rings. The molecule has 0 saturated heterocycles. The molecule has 0 aliphatic carbocycles. The molecule has 4 nitrogen and oxygen atoms in total. The fraction of sp³-hybridized carbons (Fsp3) is 0.400. The molecule has 0 N–H and O–H groups in total. The molecule has 0 atom stereocenters. The van der Waals surface area contributed by atoms with Crippen molar-refractivity contribution in [1.29, 1.82) is 0 Å². The number of aromatic nitrogens is 3. The van der Waals surface area contributed by atoms with E-state index in [1.807, 2.05) is 32.4 Å². The molecule has 2 aromatic rings. The molecule has 0 saturated carbocycles. The Morgan fingerprint density at radius 1 is 1.21 bits per heavy atom. The van der Waals surface area contributed by atoms with Gasteiger partial charge < -0.3 is 4.52 Å². The maximum Gasteiger partial charge on any atom is 0.159 e. The molecule has 0 amide bonds. The Morgan fingerprint density at radius 3 is 2.36 bits per heavy atom. The average molecular weight is 190 g/mol. The molecule has 0 unspecified atom stereocenters. The highest BCUT2D eigenvalue weighted by Gasteiger charge is 2.14. The number of hydrogen-bond donors (Lipinski definition) is 0. The summed E-state index contributed by atoms with van der Waals surface area (Å²) in [5.74, 6) is 0.780. The third-order valence-electron chi connectivity index (χ3n) is 2.14. The van der Waals surface area contributed by atoms with E-state index in [4.69, 9.17) is 4.52 Å². The number of rotatable bonds is 1. The van der Waals surface area contributed by atoms with E-state index >= 15 is 0 Å². The summed E-state index contributed by atoms with van der Waals surface area (Å²) in [5.41, 5.74) is 3.62. The Hall–Kier alpha value is -1.58. The average Bonchev–Trinajstić information content (AvgIpc) is 2.57. The molecule has 1 radical (unpaired) electrons. The second kappa shape index (κ2) is 2.97. The van der Waals surface area contributed by atoms with Gasteiger partial charge in [0.2, 0.25) is 0 Å². The van der Waals surface area contributed by atoms with Gasteiger partial charge in [-0.3, -0.25) is 0 Å². The lowest BCUT2D eigenvalue weighted by Crippen LogP contribution is -2.01. The van der Waals surface area contributed by atoms with Crippen molar-refractivity contribution in [2.24, 2.45) is 0 Å². The maximum atomic E-state index is 5.09. The summed E-state index contributed by atoms with van der Waals surface area (Å²) in [4.78, 5) is 0. The second-order valence-corrected chi connectivity index (χ2v) is 3.38. The summed E-state index contributed by atoms with van der Waals surface area (Å²) in [7, 11) is 0. The fourth-order valence-corrected chi connectivity index (χ4v) is 1.56. The van der Waals surface area contributed by atoms with Gasteiger partial charge in [-0.25, -0.2) is 4.68 Å². The first-order chi connectivity index (χ1) is 6.59. The van der Waals surface area contributed by atoms with Crippen molar-refractivity contribution < 1.29 is 4.52 Å². The predicted octanol–water partition coefficient (Wildman–Crippen LogP) is 1.89. The SMILES string of the molecule is Cc1[c]c(C)n(-c2c(C)noc2C)n1. The minimum absolute atomic E-state index is 0.780. The van der Waals surface area contributed by atoms with Crippen molar-refractivity contribution >= 4 is 0 Å². The highest BCUT2D eigenvalue weighted by Crippen LogP contribution is 2.19. The highest BCUT2D eigenvalue weighted by atomic mass is 16.5. The van der Waals surface area contributed by atoms with Crippen LogP contribution in [0.2, 0.25) is 0 Å². The van der Waals surface area contributed by atoms with E-state index in [0.717, 1.165) is 28.5 Å². The maximum absolute atomic E-state index is 5.09. The zero-order chi connectivity index (χ0) is 10.3. The first-order valence-electron chi connectivity index (χ1n) is 4.48. The van der Waals surface area contributed by atoms with E-state index in [1.165, 1.54) is 0 Å². The van der Waals surface area contributed by atoms with E-state index < -0.39 is 0 Å².